The predicted molar refractivity (Wildman–Crippen MR) is 111 cm³/mol. The zero-order chi connectivity index (χ0) is 20.6. The second kappa shape index (κ2) is 9.85. The number of anilines is 3. The standard InChI is InChI=1S/C18H16FN5O3S2/c1-27-14-4-2-3-13(9-14)20-15(25)10-28-18-24-23-17(29-18)22-16(26)21-12-7-5-11(19)6-8-12/h2-9H,10H2,1H3,(H,20,25)(H2,21,22,23,26). The number of methoxy groups -OCH3 is 1. The Bertz CT molecular complexity index is 997. The maximum absolute atomic E-state index is 12.9. The van der Waals surface area contributed by atoms with Crippen LogP contribution in [0.5, 0.6) is 5.75 Å². The summed E-state index contributed by atoms with van der Waals surface area (Å²) in [6.45, 7) is 0. The number of nitrogens with one attached hydrogen (secondary N) is 3. The van der Waals surface area contributed by atoms with Crippen LogP contribution in [0, 0.1) is 5.82 Å². The van der Waals surface area contributed by atoms with Gasteiger partial charge in [-0.2, -0.15) is 0 Å². The molecule has 3 aromatic rings. The van der Waals surface area contributed by atoms with Crippen molar-refractivity contribution in [3.8, 4) is 5.75 Å². The zero-order valence-electron chi connectivity index (χ0n) is 15.1. The number of amides is 3. The lowest BCUT2D eigenvalue weighted by Gasteiger charge is -2.06. The van der Waals surface area contributed by atoms with E-state index in [0.717, 1.165) is 11.3 Å². The Morgan fingerprint density at radius 3 is 2.62 bits per heavy atom. The van der Waals surface area contributed by atoms with E-state index in [4.69, 9.17) is 4.74 Å². The van der Waals surface area contributed by atoms with Crippen LogP contribution in [-0.2, 0) is 4.79 Å². The summed E-state index contributed by atoms with van der Waals surface area (Å²) in [7, 11) is 1.55. The average molecular weight is 433 g/mol. The third-order valence-electron chi connectivity index (χ3n) is 3.41. The van der Waals surface area contributed by atoms with Crippen LogP contribution in [0.2, 0.25) is 0 Å². The summed E-state index contributed by atoms with van der Waals surface area (Å²) in [4.78, 5) is 24.0. The lowest BCUT2D eigenvalue weighted by atomic mass is 10.3. The van der Waals surface area contributed by atoms with E-state index in [1.807, 2.05) is 0 Å². The number of rotatable bonds is 7. The Kier molecular flexibility index (Phi) is 6.98. The number of benzene rings is 2. The van der Waals surface area contributed by atoms with E-state index in [-0.39, 0.29) is 16.8 Å². The molecule has 1 aromatic heterocycles. The fourth-order valence-electron chi connectivity index (χ4n) is 2.14. The molecule has 3 N–H and O–H groups in total. The lowest BCUT2D eigenvalue weighted by Crippen LogP contribution is -2.19. The van der Waals surface area contributed by atoms with Gasteiger partial charge in [-0.3, -0.25) is 10.1 Å². The number of carbonyl (C=O) groups is 2. The molecule has 0 bridgehead atoms. The van der Waals surface area contributed by atoms with Gasteiger partial charge < -0.3 is 15.4 Å². The van der Waals surface area contributed by atoms with Crippen molar-refractivity contribution in [3.63, 3.8) is 0 Å². The minimum atomic E-state index is -0.528. The predicted octanol–water partition coefficient (Wildman–Crippen LogP) is 4.06. The molecule has 2 aromatic carbocycles. The summed E-state index contributed by atoms with van der Waals surface area (Å²) < 4.78 is 18.5. The van der Waals surface area contributed by atoms with Crippen molar-refractivity contribution in [2.24, 2.45) is 0 Å². The molecular weight excluding hydrogens is 417 g/mol. The van der Waals surface area contributed by atoms with E-state index in [9.17, 15) is 14.0 Å². The molecule has 11 heteroatoms. The van der Waals surface area contributed by atoms with Crippen LogP contribution in [-0.4, -0.2) is 35.0 Å². The molecule has 0 saturated heterocycles. The van der Waals surface area contributed by atoms with Crippen LogP contribution in [0.4, 0.5) is 25.7 Å². The summed E-state index contributed by atoms with van der Waals surface area (Å²) in [5, 5.41) is 15.9. The van der Waals surface area contributed by atoms with E-state index < -0.39 is 11.8 Å². The van der Waals surface area contributed by atoms with Gasteiger partial charge >= 0.3 is 6.03 Å². The normalized spacial score (nSPS) is 10.3. The average Bonchev–Trinajstić information content (AvgIpc) is 3.15. The Hall–Kier alpha value is -3.18. The second-order valence-electron chi connectivity index (χ2n) is 5.53. The Morgan fingerprint density at radius 2 is 1.86 bits per heavy atom. The van der Waals surface area contributed by atoms with Crippen LogP contribution in [0.1, 0.15) is 0 Å². The van der Waals surface area contributed by atoms with Gasteiger partial charge in [-0.25, -0.2) is 9.18 Å². The molecule has 150 valence electrons. The Labute approximate surface area is 173 Å². The minimum Gasteiger partial charge on any atom is -0.497 e. The van der Waals surface area contributed by atoms with Crippen LogP contribution < -0.4 is 20.7 Å². The molecule has 0 radical (unpaired) electrons. The number of carbonyl (C=O) groups excluding carboxylic acids is 2. The first-order chi connectivity index (χ1) is 14.0. The van der Waals surface area contributed by atoms with Crippen LogP contribution in [0.25, 0.3) is 0 Å². The van der Waals surface area contributed by atoms with Gasteiger partial charge in [0, 0.05) is 17.4 Å². The molecule has 3 amide bonds. The van der Waals surface area contributed by atoms with Crippen LogP contribution >= 0.6 is 23.1 Å². The van der Waals surface area contributed by atoms with Crippen molar-refractivity contribution in [1.82, 2.24) is 10.2 Å². The van der Waals surface area contributed by atoms with Crippen molar-refractivity contribution < 1.29 is 18.7 Å². The topological polar surface area (TPSA) is 105 Å². The largest absolute Gasteiger partial charge is 0.497 e. The molecule has 0 atom stereocenters. The summed E-state index contributed by atoms with van der Waals surface area (Å²) in [6, 6.07) is 11.9. The molecule has 0 unspecified atom stereocenters. The molecule has 3 rings (SSSR count). The Morgan fingerprint density at radius 1 is 1.07 bits per heavy atom. The summed E-state index contributed by atoms with van der Waals surface area (Å²) in [5.74, 6) is 0.182. The first kappa shape index (κ1) is 20.6. The molecule has 0 aliphatic carbocycles. The SMILES string of the molecule is COc1cccc(NC(=O)CSc2nnc(NC(=O)Nc3ccc(F)cc3)s2)c1. The van der Waals surface area contributed by atoms with Gasteiger partial charge in [0.2, 0.25) is 11.0 Å². The maximum atomic E-state index is 12.9. The lowest BCUT2D eigenvalue weighted by molar-refractivity contribution is -0.113. The van der Waals surface area contributed by atoms with Crippen molar-refractivity contribution in [3.05, 3.63) is 54.3 Å². The molecule has 0 aliphatic rings. The van der Waals surface area contributed by atoms with Gasteiger partial charge in [-0.05, 0) is 36.4 Å². The summed E-state index contributed by atoms with van der Waals surface area (Å²) >= 11 is 2.34. The molecule has 0 saturated carbocycles. The van der Waals surface area contributed by atoms with Crippen molar-refractivity contribution >= 4 is 51.5 Å². The highest BCUT2D eigenvalue weighted by atomic mass is 32.2. The highest BCUT2D eigenvalue weighted by Crippen LogP contribution is 2.26. The molecule has 0 fully saturated rings. The van der Waals surface area contributed by atoms with Crippen molar-refractivity contribution in [2.45, 2.75) is 4.34 Å². The monoisotopic (exact) mass is 433 g/mol. The van der Waals surface area contributed by atoms with E-state index >= 15 is 0 Å². The third kappa shape index (κ3) is 6.43. The first-order valence-corrected chi connectivity index (χ1v) is 10.1. The number of aromatic nitrogens is 2. The van der Waals surface area contributed by atoms with E-state index in [0.29, 0.717) is 21.5 Å². The highest BCUT2D eigenvalue weighted by Gasteiger charge is 2.11. The van der Waals surface area contributed by atoms with E-state index in [1.165, 1.54) is 36.0 Å². The molecule has 0 aliphatic heterocycles. The van der Waals surface area contributed by atoms with Crippen LogP contribution in [0.15, 0.2) is 52.9 Å². The number of thioether (sulfide) groups is 1. The molecule has 1 heterocycles. The molecule has 8 nitrogen and oxygen atoms in total. The second-order valence-corrected chi connectivity index (χ2v) is 7.73. The minimum absolute atomic E-state index is 0.133. The van der Waals surface area contributed by atoms with Gasteiger partial charge in [0.1, 0.15) is 11.6 Å². The number of hydrogen-bond donors (Lipinski definition) is 3. The number of halogens is 1. The number of hydrogen-bond acceptors (Lipinski definition) is 7. The fraction of sp³-hybridized carbons (Fsp3) is 0.111. The molecule has 29 heavy (non-hydrogen) atoms. The molecule has 0 spiro atoms. The van der Waals surface area contributed by atoms with Gasteiger partial charge in [0.05, 0.1) is 12.9 Å². The maximum Gasteiger partial charge on any atom is 0.325 e. The van der Waals surface area contributed by atoms with E-state index in [1.54, 1.807) is 31.4 Å². The quantitative estimate of drug-likeness (QED) is 0.383. The van der Waals surface area contributed by atoms with Gasteiger partial charge in [0.15, 0.2) is 4.34 Å². The van der Waals surface area contributed by atoms with Crippen molar-refractivity contribution in [1.29, 1.82) is 0 Å². The third-order valence-corrected chi connectivity index (χ3v) is 5.38. The van der Waals surface area contributed by atoms with Gasteiger partial charge in [-0.1, -0.05) is 29.2 Å². The summed E-state index contributed by atoms with van der Waals surface area (Å²) in [5.41, 5.74) is 1.07. The van der Waals surface area contributed by atoms with Crippen molar-refractivity contribution in [2.75, 3.05) is 28.8 Å². The highest BCUT2D eigenvalue weighted by molar-refractivity contribution is 8.01. The van der Waals surface area contributed by atoms with E-state index in [2.05, 4.69) is 26.1 Å². The van der Waals surface area contributed by atoms with Gasteiger partial charge in [0.25, 0.3) is 0 Å². The number of urea groups is 1. The number of ether oxygens (including phenoxy) is 1. The molecular formula is C18H16FN5O3S2. The summed E-state index contributed by atoms with van der Waals surface area (Å²) in [6.07, 6.45) is 0. The van der Waals surface area contributed by atoms with Gasteiger partial charge in [-0.15, -0.1) is 10.2 Å². The number of nitrogens with zero attached hydrogens (tertiary/aromatic N) is 2. The zero-order valence-corrected chi connectivity index (χ0v) is 16.8. The first-order valence-electron chi connectivity index (χ1n) is 8.25. The smallest absolute Gasteiger partial charge is 0.325 e. The Balaban J connectivity index is 1.46. The van der Waals surface area contributed by atoms with Crippen LogP contribution in [0.3, 0.4) is 0 Å². The fourth-order valence-corrected chi connectivity index (χ4v) is 3.68.